The largest absolute Gasteiger partial charge is 0.497 e. The molecular weight excluding hydrogens is 372 g/mol. The number of nitrogen functional groups attached to an aromatic ring is 1. The maximum absolute atomic E-state index is 6.33. The molecule has 3 aromatic rings. The first kappa shape index (κ1) is 19.0. The molecule has 4 rings (SSSR count). The number of aromatic nitrogens is 2. The summed E-state index contributed by atoms with van der Waals surface area (Å²) in [7, 11) is 5.38. The van der Waals surface area contributed by atoms with Crippen LogP contribution in [0.25, 0.3) is 10.2 Å². The van der Waals surface area contributed by atoms with E-state index >= 15 is 0 Å². The number of methoxy groups -OCH3 is 2. The van der Waals surface area contributed by atoms with Gasteiger partial charge in [0.2, 0.25) is 0 Å². The summed E-state index contributed by atoms with van der Waals surface area (Å²) in [5.74, 6) is 2.98. The van der Waals surface area contributed by atoms with Crippen molar-refractivity contribution in [2.45, 2.75) is 38.8 Å². The number of benzene rings is 1. The van der Waals surface area contributed by atoms with Gasteiger partial charge in [-0.15, -0.1) is 11.3 Å². The number of fused-ring (bicyclic) bond motifs is 3. The number of rotatable bonds is 6. The van der Waals surface area contributed by atoms with E-state index in [0.29, 0.717) is 12.4 Å². The van der Waals surface area contributed by atoms with Crippen molar-refractivity contribution in [3.8, 4) is 11.5 Å². The predicted octanol–water partition coefficient (Wildman–Crippen LogP) is 3.80. The molecule has 0 spiro atoms. The molecule has 6 nitrogen and oxygen atoms in total. The van der Waals surface area contributed by atoms with E-state index in [-0.39, 0.29) is 0 Å². The summed E-state index contributed by atoms with van der Waals surface area (Å²) in [5.41, 5.74) is 8.81. The number of anilines is 1. The quantitative estimate of drug-likeness (QED) is 0.681. The van der Waals surface area contributed by atoms with E-state index in [2.05, 4.69) is 9.88 Å². The summed E-state index contributed by atoms with van der Waals surface area (Å²) in [6, 6.07) is 5.88. The maximum atomic E-state index is 6.33. The lowest BCUT2D eigenvalue weighted by molar-refractivity contribution is 0.302. The molecule has 1 aliphatic carbocycles. The molecule has 2 N–H and O–H groups in total. The fraction of sp³-hybridized carbons (Fsp3) is 0.429. The Labute approximate surface area is 169 Å². The molecule has 0 saturated carbocycles. The third-order valence-corrected chi connectivity index (χ3v) is 6.42. The molecule has 2 aromatic heterocycles. The van der Waals surface area contributed by atoms with Gasteiger partial charge >= 0.3 is 0 Å². The van der Waals surface area contributed by atoms with Gasteiger partial charge in [0, 0.05) is 23.1 Å². The fourth-order valence-corrected chi connectivity index (χ4v) is 5.16. The van der Waals surface area contributed by atoms with Gasteiger partial charge in [0.25, 0.3) is 0 Å². The number of ether oxygens (including phenoxy) is 2. The van der Waals surface area contributed by atoms with E-state index < -0.39 is 0 Å². The summed E-state index contributed by atoms with van der Waals surface area (Å²) in [5, 5.41) is 1.09. The molecule has 0 bridgehead atoms. The first-order valence-corrected chi connectivity index (χ1v) is 10.4. The van der Waals surface area contributed by atoms with Crippen LogP contribution in [0.1, 0.15) is 34.7 Å². The highest BCUT2D eigenvalue weighted by molar-refractivity contribution is 7.19. The second-order valence-corrected chi connectivity index (χ2v) is 8.35. The van der Waals surface area contributed by atoms with Gasteiger partial charge in [-0.3, -0.25) is 4.90 Å². The molecule has 148 valence electrons. The van der Waals surface area contributed by atoms with Crippen molar-refractivity contribution in [1.82, 2.24) is 14.9 Å². The van der Waals surface area contributed by atoms with E-state index in [4.69, 9.17) is 20.2 Å². The third-order valence-electron chi connectivity index (χ3n) is 5.23. The fourth-order valence-electron chi connectivity index (χ4n) is 3.87. The maximum Gasteiger partial charge on any atom is 0.146 e. The minimum Gasteiger partial charge on any atom is -0.497 e. The van der Waals surface area contributed by atoms with Crippen LogP contribution in [0.3, 0.4) is 0 Å². The zero-order valence-electron chi connectivity index (χ0n) is 16.6. The van der Waals surface area contributed by atoms with Crippen molar-refractivity contribution in [2.75, 3.05) is 27.0 Å². The molecule has 0 atom stereocenters. The highest BCUT2D eigenvalue weighted by Crippen LogP contribution is 2.37. The zero-order valence-corrected chi connectivity index (χ0v) is 17.4. The smallest absolute Gasteiger partial charge is 0.146 e. The normalized spacial score (nSPS) is 13.7. The molecule has 7 heteroatoms. The Hall–Kier alpha value is -2.38. The molecule has 0 unspecified atom stereocenters. The average molecular weight is 399 g/mol. The van der Waals surface area contributed by atoms with Gasteiger partial charge in [-0.25, -0.2) is 9.97 Å². The molecule has 0 aliphatic heterocycles. The Morgan fingerprint density at radius 3 is 2.71 bits per heavy atom. The lowest BCUT2D eigenvalue weighted by Crippen LogP contribution is -2.19. The Morgan fingerprint density at radius 1 is 1.11 bits per heavy atom. The van der Waals surface area contributed by atoms with Gasteiger partial charge in [0.05, 0.1) is 26.2 Å². The molecule has 0 radical (unpaired) electrons. The van der Waals surface area contributed by atoms with Crippen LogP contribution in [-0.2, 0) is 25.9 Å². The Morgan fingerprint density at radius 2 is 1.93 bits per heavy atom. The number of nitrogens with zero attached hydrogens (tertiary/aromatic N) is 3. The number of thiophene rings is 1. The Bertz CT molecular complexity index is 1000. The van der Waals surface area contributed by atoms with Crippen LogP contribution >= 0.6 is 11.3 Å². The number of hydrogen-bond donors (Lipinski definition) is 1. The monoisotopic (exact) mass is 398 g/mol. The average Bonchev–Trinajstić information content (AvgIpc) is 3.06. The summed E-state index contributed by atoms with van der Waals surface area (Å²) in [6.07, 6.45) is 4.72. The van der Waals surface area contributed by atoms with Gasteiger partial charge in [-0.1, -0.05) is 6.07 Å². The second-order valence-electron chi connectivity index (χ2n) is 7.27. The van der Waals surface area contributed by atoms with E-state index in [0.717, 1.165) is 52.5 Å². The van der Waals surface area contributed by atoms with Crippen molar-refractivity contribution < 1.29 is 9.47 Å². The van der Waals surface area contributed by atoms with Crippen LogP contribution in [-0.4, -0.2) is 36.1 Å². The van der Waals surface area contributed by atoms with Crippen LogP contribution in [0.5, 0.6) is 11.5 Å². The third kappa shape index (κ3) is 3.64. The topological polar surface area (TPSA) is 73.5 Å². The van der Waals surface area contributed by atoms with Crippen molar-refractivity contribution in [1.29, 1.82) is 0 Å². The van der Waals surface area contributed by atoms with Crippen molar-refractivity contribution in [2.24, 2.45) is 0 Å². The first-order chi connectivity index (χ1) is 13.6. The van der Waals surface area contributed by atoms with Gasteiger partial charge in [-0.05, 0) is 44.4 Å². The number of aryl methyl sites for hydroxylation is 2. The molecule has 0 fully saturated rings. The molecule has 2 heterocycles. The van der Waals surface area contributed by atoms with Crippen LogP contribution in [0.4, 0.5) is 5.82 Å². The number of hydrogen-bond acceptors (Lipinski definition) is 7. The van der Waals surface area contributed by atoms with Crippen molar-refractivity contribution >= 4 is 27.4 Å². The van der Waals surface area contributed by atoms with Crippen LogP contribution in [0.2, 0.25) is 0 Å². The van der Waals surface area contributed by atoms with Crippen LogP contribution in [0, 0.1) is 0 Å². The minimum atomic E-state index is 0.620. The van der Waals surface area contributed by atoms with Gasteiger partial charge in [-0.2, -0.15) is 0 Å². The second kappa shape index (κ2) is 7.93. The van der Waals surface area contributed by atoms with Crippen LogP contribution in [0.15, 0.2) is 18.2 Å². The number of nitrogens with two attached hydrogens (primary N) is 1. The molecule has 28 heavy (non-hydrogen) atoms. The van der Waals surface area contributed by atoms with Crippen LogP contribution < -0.4 is 15.2 Å². The van der Waals surface area contributed by atoms with E-state index in [1.165, 1.54) is 23.3 Å². The Balaban J connectivity index is 1.55. The van der Waals surface area contributed by atoms with Crippen molar-refractivity contribution in [3.05, 3.63) is 40.0 Å². The lowest BCUT2D eigenvalue weighted by atomic mass is 9.97. The molecule has 1 aliphatic rings. The highest BCUT2D eigenvalue weighted by atomic mass is 32.1. The standard InChI is InChI=1S/C21H26N4O2S/c1-25(11-13-8-9-14(26-2)10-16(13)27-3)12-18-23-20(22)19-15-6-4-5-7-17(15)28-21(19)24-18/h8-10H,4-7,11-12H2,1-3H3,(H2,22,23,24). The van der Waals surface area contributed by atoms with E-state index in [9.17, 15) is 0 Å². The predicted molar refractivity (Wildman–Crippen MR) is 113 cm³/mol. The molecule has 0 amide bonds. The highest BCUT2D eigenvalue weighted by Gasteiger charge is 2.20. The summed E-state index contributed by atoms with van der Waals surface area (Å²) in [4.78, 5) is 14.1. The SMILES string of the molecule is COc1ccc(CN(C)Cc2nc(N)c3c4c(sc3n2)CCCC4)c(OC)c1. The first-order valence-electron chi connectivity index (χ1n) is 9.55. The molecule has 1 aromatic carbocycles. The minimum absolute atomic E-state index is 0.620. The van der Waals surface area contributed by atoms with Crippen molar-refractivity contribution in [3.63, 3.8) is 0 Å². The van der Waals surface area contributed by atoms with Gasteiger partial charge < -0.3 is 15.2 Å². The zero-order chi connectivity index (χ0) is 19.7. The van der Waals surface area contributed by atoms with Gasteiger partial charge in [0.15, 0.2) is 0 Å². The Kier molecular flexibility index (Phi) is 5.37. The summed E-state index contributed by atoms with van der Waals surface area (Å²) in [6.45, 7) is 1.34. The lowest BCUT2D eigenvalue weighted by Gasteiger charge is -2.18. The summed E-state index contributed by atoms with van der Waals surface area (Å²) < 4.78 is 10.8. The molecule has 0 saturated heterocycles. The van der Waals surface area contributed by atoms with E-state index in [1.54, 1.807) is 25.6 Å². The van der Waals surface area contributed by atoms with E-state index in [1.807, 2.05) is 25.2 Å². The molecular formula is C21H26N4O2S. The van der Waals surface area contributed by atoms with Gasteiger partial charge in [0.1, 0.15) is 28.0 Å². The summed E-state index contributed by atoms with van der Waals surface area (Å²) >= 11 is 1.79.